The summed E-state index contributed by atoms with van der Waals surface area (Å²) in [6, 6.07) is 0.321. The molecule has 4 N–H and O–H groups in total. The van der Waals surface area contributed by atoms with E-state index in [4.69, 9.17) is 10.9 Å². The summed E-state index contributed by atoms with van der Waals surface area (Å²) < 4.78 is 0. The molecule has 0 aromatic rings. The van der Waals surface area contributed by atoms with Gasteiger partial charge in [-0.2, -0.15) is 0 Å². The first-order chi connectivity index (χ1) is 3.81. The van der Waals surface area contributed by atoms with Crippen LogP contribution in [-0.2, 0) is 0 Å². The van der Waals surface area contributed by atoms with Gasteiger partial charge in [-0.3, -0.25) is 11.3 Å². The molecule has 0 spiro atoms. The van der Waals surface area contributed by atoms with E-state index in [1.807, 2.05) is 6.92 Å². The minimum absolute atomic E-state index is 0.256. The van der Waals surface area contributed by atoms with E-state index in [9.17, 15) is 0 Å². The predicted octanol–water partition coefficient (Wildman–Crippen LogP) is -0.389. The number of nitrogens with two attached hydrogens (primary N) is 1. The van der Waals surface area contributed by atoms with E-state index in [1.165, 1.54) is 0 Å². The van der Waals surface area contributed by atoms with Crippen molar-refractivity contribution in [2.45, 2.75) is 25.8 Å². The average Bonchev–Trinajstić information content (AvgIpc) is 1.83. The quantitative estimate of drug-likeness (QED) is 0.348. The third kappa shape index (κ3) is 4.05. The van der Waals surface area contributed by atoms with Crippen LogP contribution >= 0.6 is 0 Å². The average molecular weight is 118 g/mol. The summed E-state index contributed by atoms with van der Waals surface area (Å²) in [7, 11) is 0. The Labute approximate surface area is 49.9 Å². The molecule has 0 saturated heterocycles. The highest BCUT2D eigenvalue weighted by atomic mass is 16.2. The van der Waals surface area contributed by atoms with E-state index in [1.54, 1.807) is 0 Å². The van der Waals surface area contributed by atoms with E-state index < -0.39 is 0 Å². The highest BCUT2D eigenvalue weighted by molar-refractivity contribution is 4.53. The Hall–Kier alpha value is -0.120. The van der Waals surface area contributed by atoms with Gasteiger partial charge in [-0.25, -0.2) is 0 Å². The molecule has 0 bridgehead atoms. The number of hydrazine groups is 1. The lowest BCUT2D eigenvalue weighted by Gasteiger charge is -2.06. The van der Waals surface area contributed by atoms with Crippen LogP contribution in [0.3, 0.4) is 0 Å². The number of hydrogen-bond acceptors (Lipinski definition) is 3. The molecule has 0 fully saturated rings. The van der Waals surface area contributed by atoms with Gasteiger partial charge < -0.3 is 5.11 Å². The molecule has 3 heteroatoms. The Morgan fingerprint density at radius 3 is 2.75 bits per heavy atom. The topological polar surface area (TPSA) is 58.3 Å². The van der Waals surface area contributed by atoms with E-state index in [2.05, 4.69) is 5.43 Å². The number of aliphatic hydroxyl groups is 1. The summed E-state index contributed by atoms with van der Waals surface area (Å²) in [6.07, 6.45) is 1.76. The second-order valence-electron chi connectivity index (χ2n) is 1.93. The normalized spacial score (nSPS) is 13.9. The lowest BCUT2D eigenvalue weighted by Crippen LogP contribution is -2.32. The van der Waals surface area contributed by atoms with E-state index in [0.29, 0.717) is 6.04 Å². The van der Waals surface area contributed by atoms with Gasteiger partial charge in [-0.15, -0.1) is 0 Å². The summed E-state index contributed by atoms with van der Waals surface area (Å²) in [4.78, 5) is 0. The fraction of sp³-hybridized carbons (Fsp3) is 1.00. The molecule has 1 unspecified atom stereocenters. The number of nitrogens with one attached hydrogen (secondary N) is 1. The summed E-state index contributed by atoms with van der Waals surface area (Å²) in [5.74, 6) is 5.08. The molecule has 0 aliphatic rings. The molecular formula is C5H14N2O. The second kappa shape index (κ2) is 5.03. The van der Waals surface area contributed by atoms with Crippen LogP contribution in [0.1, 0.15) is 19.8 Å². The first kappa shape index (κ1) is 7.88. The zero-order valence-corrected chi connectivity index (χ0v) is 5.22. The van der Waals surface area contributed by atoms with Crippen LogP contribution in [0.2, 0.25) is 0 Å². The molecule has 8 heavy (non-hydrogen) atoms. The predicted molar refractivity (Wildman–Crippen MR) is 33.1 cm³/mol. The van der Waals surface area contributed by atoms with E-state index in [-0.39, 0.29) is 6.61 Å². The fourth-order valence-electron chi connectivity index (χ4n) is 0.481. The van der Waals surface area contributed by atoms with Crippen molar-refractivity contribution in [2.75, 3.05) is 6.61 Å². The zero-order chi connectivity index (χ0) is 6.41. The summed E-state index contributed by atoms with van der Waals surface area (Å²) >= 11 is 0. The highest BCUT2D eigenvalue weighted by Gasteiger charge is 1.94. The Morgan fingerprint density at radius 2 is 2.38 bits per heavy atom. The van der Waals surface area contributed by atoms with Crippen LogP contribution in [0, 0.1) is 0 Å². The smallest absolute Gasteiger partial charge is 0.0431 e. The fourth-order valence-corrected chi connectivity index (χ4v) is 0.481. The highest BCUT2D eigenvalue weighted by Crippen LogP contribution is 1.91. The number of aliphatic hydroxyl groups excluding tert-OH is 1. The van der Waals surface area contributed by atoms with Crippen LogP contribution in [0.5, 0.6) is 0 Å². The molecule has 0 aromatic carbocycles. The van der Waals surface area contributed by atoms with Gasteiger partial charge in [0, 0.05) is 12.6 Å². The zero-order valence-electron chi connectivity index (χ0n) is 5.22. The van der Waals surface area contributed by atoms with Crippen LogP contribution in [0.4, 0.5) is 0 Å². The SMILES string of the molecule is CC(CCCO)NN. The maximum atomic E-state index is 8.34. The first-order valence-corrected chi connectivity index (χ1v) is 2.88. The third-order valence-electron chi connectivity index (χ3n) is 1.08. The minimum Gasteiger partial charge on any atom is -0.396 e. The molecule has 0 rings (SSSR count). The Bertz CT molecular complexity index is 49.7. The van der Waals surface area contributed by atoms with Crippen molar-refractivity contribution in [3.8, 4) is 0 Å². The van der Waals surface area contributed by atoms with Gasteiger partial charge >= 0.3 is 0 Å². The van der Waals surface area contributed by atoms with Gasteiger partial charge in [0.2, 0.25) is 0 Å². The maximum absolute atomic E-state index is 8.34. The molecule has 0 aromatic heterocycles. The standard InChI is InChI=1S/C5H14N2O/c1-5(7-6)3-2-4-8/h5,7-8H,2-4,6H2,1H3. The van der Waals surface area contributed by atoms with Gasteiger partial charge in [0.1, 0.15) is 0 Å². The Kier molecular flexibility index (Phi) is 4.95. The molecule has 0 aliphatic carbocycles. The summed E-state index contributed by atoms with van der Waals surface area (Å²) in [5.41, 5.74) is 2.59. The maximum Gasteiger partial charge on any atom is 0.0431 e. The molecule has 0 radical (unpaired) electrons. The lowest BCUT2D eigenvalue weighted by molar-refractivity contribution is 0.277. The van der Waals surface area contributed by atoms with Crippen molar-refractivity contribution in [1.29, 1.82) is 0 Å². The molecule has 0 aliphatic heterocycles. The lowest BCUT2D eigenvalue weighted by atomic mass is 10.2. The van der Waals surface area contributed by atoms with Gasteiger partial charge in [0.05, 0.1) is 0 Å². The molecule has 1 atom stereocenters. The molecular weight excluding hydrogens is 104 g/mol. The van der Waals surface area contributed by atoms with Gasteiger partial charge in [0.15, 0.2) is 0 Å². The molecule has 0 saturated carbocycles. The molecule has 0 heterocycles. The van der Waals surface area contributed by atoms with Crippen LogP contribution in [0.25, 0.3) is 0 Å². The monoisotopic (exact) mass is 118 g/mol. The molecule has 50 valence electrons. The van der Waals surface area contributed by atoms with Crippen molar-refractivity contribution in [1.82, 2.24) is 5.43 Å². The van der Waals surface area contributed by atoms with Crippen molar-refractivity contribution in [2.24, 2.45) is 5.84 Å². The van der Waals surface area contributed by atoms with E-state index in [0.717, 1.165) is 12.8 Å². The van der Waals surface area contributed by atoms with Gasteiger partial charge in [0.25, 0.3) is 0 Å². The minimum atomic E-state index is 0.256. The van der Waals surface area contributed by atoms with Crippen molar-refractivity contribution in [3.05, 3.63) is 0 Å². The third-order valence-corrected chi connectivity index (χ3v) is 1.08. The molecule has 0 amide bonds. The van der Waals surface area contributed by atoms with E-state index >= 15 is 0 Å². The summed E-state index contributed by atoms with van der Waals surface area (Å²) in [6.45, 7) is 2.24. The largest absolute Gasteiger partial charge is 0.396 e. The van der Waals surface area contributed by atoms with Crippen LogP contribution < -0.4 is 11.3 Å². The van der Waals surface area contributed by atoms with Crippen LogP contribution in [-0.4, -0.2) is 17.8 Å². The summed E-state index contributed by atoms with van der Waals surface area (Å²) in [5, 5.41) is 8.34. The Morgan fingerprint density at radius 1 is 1.75 bits per heavy atom. The Balaban J connectivity index is 2.86. The second-order valence-corrected chi connectivity index (χ2v) is 1.93. The molecule has 3 nitrogen and oxygen atoms in total. The van der Waals surface area contributed by atoms with Gasteiger partial charge in [-0.1, -0.05) is 0 Å². The number of rotatable bonds is 4. The van der Waals surface area contributed by atoms with Crippen LogP contribution in [0.15, 0.2) is 0 Å². The van der Waals surface area contributed by atoms with Crippen molar-refractivity contribution < 1.29 is 5.11 Å². The van der Waals surface area contributed by atoms with Crippen molar-refractivity contribution >= 4 is 0 Å². The number of hydrogen-bond donors (Lipinski definition) is 3. The van der Waals surface area contributed by atoms with Crippen molar-refractivity contribution in [3.63, 3.8) is 0 Å². The first-order valence-electron chi connectivity index (χ1n) is 2.88. The van der Waals surface area contributed by atoms with Gasteiger partial charge in [-0.05, 0) is 19.8 Å².